The van der Waals surface area contributed by atoms with Crippen molar-refractivity contribution in [2.24, 2.45) is 0 Å². The highest BCUT2D eigenvalue weighted by Crippen LogP contribution is 2.38. The van der Waals surface area contributed by atoms with E-state index in [0.717, 1.165) is 10.8 Å². The summed E-state index contributed by atoms with van der Waals surface area (Å²) < 4.78 is 32.0. The van der Waals surface area contributed by atoms with Crippen molar-refractivity contribution in [3.8, 4) is 0 Å². The summed E-state index contributed by atoms with van der Waals surface area (Å²) >= 11 is 0. The summed E-state index contributed by atoms with van der Waals surface area (Å²) in [6, 6.07) is 0. The van der Waals surface area contributed by atoms with Gasteiger partial charge >= 0.3 is 17.6 Å². The second-order valence-electron chi connectivity index (χ2n) is 9.00. The molecule has 1 aliphatic rings. The minimum Gasteiger partial charge on any atom is -0.481 e. The van der Waals surface area contributed by atoms with Crippen LogP contribution in [-0.2, 0) is 23.5 Å². The van der Waals surface area contributed by atoms with Crippen LogP contribution in [0.25, 0.3) is 0 Å². The molecule has 0 radical (unpaired) electrons. The molecule has 174 valence electrons. The molecular weight excluding hydrogens is 431 g/mol. The van der Waals surface area contributed by atoms with E-state index in [9.17, 15) is 23.6 Å². The van der Waals surface area contributed by atoms with Crippen molar-refractivity contribution in [1.29, 1.82) is 0 Å². The Morgan fingerprint density at radius 2 is 1.97 bits per heavy atom. The number of ether oxygens (including phenoxy) is 2. The van der Waals surface area contributed by atoms with Crippen LogP contribution in [-0.4, -0.2) is 53.7 Å². The Balaban J connectivity index is 2.21. The Morgan fingerprint density at radius 1 is 1.32 bits per heavy atom. The van der Waals surface area contributed by atoms with Gasteiger partial charge < -0.3 is 19.0 Å². The molecule has 1 fully saturated rings. The Morgan fingerprint density at radius 3 is 2.55 bits per heavy atom. The summed E-state index contributed by atoms with van der Waals surface area (Å²) in [6.45, 7) is 10.3. The van der Waals surface area contributed by atoms with E-state index >= 15 is 0 Å². The number of nitrogens with zero attached hydrogens (tertiary/aromatic N) is 1. The second kappa shape index (κ2) is 9.45. The normalized spacial score (nSPS) is 21.8. The zero-order valence-corrected chi connectivity index (χ0v) is 19.3. The number of aromatic amines is 1. The van der Waals surface area contributed by atoms with E-state index in [1.807, 2.05) is 18.1 Å². The van der Waals surface area contributed by atoms with Crippen LogP contribution in [0.4, 0.5) is 4.39 Å². The summed E-state index contributed by atoms with van der Waals surface area (Å²) in [7, 11) is -2.17. The maximum absolute atomic E-state index is 13.7. The van der Waals surface area contributed by atoms with Gasteiger partial charge in [-0.1, -0.05) is 20.8 Å². The molecule has 2 N–H and O–H groups in total. The molecule has 0 unspecified atom stereocenters. The van der Waals surface area contributed by atoms with Crippen molar-refractivity contribution in [3.63, 3.8) is 0 Å². The van der Waals surface area contributed by atoms with Crippen LogP contribution in [0, 0.1) is 5.82 Å². The van der Waals surface area contributed by atoms with E-state index in [2.05, 4.69) is 20.8 Å². The predicted molar refractivity (Wildman–Crippen MR) is 110 cm³/mol. The molecule has 1 aromatic heterocycles. The number of carboxylic acids is 1. The van der Waals surface area contributed by atoms with Crippen molar-refractivity contribution in [1.82, 2.24) is 9.55 Å². The first-order valence-corrected chi connectivity index (χ1v) is 12.8. The van der Waals surface area contributed by atoms with Crippen LogP contribution in [0.15, 0.2) is 15.8 Å². The van der Waals surface area contributed by atoms with Crippen molar-refractivity contribution in [2.75, 3.05) is 6.61 Å². The number of carbonyl (C=O) groups is 2. The monoisotopic (exact) mass is 460 g/mol. The average molecular weight is 461 g/mol. The fraction of sp³-hybridized carbons (Fsp3) is 0.684. The van der Waals surface area contributed by atoms with Crippen molar-refractivity contribution >= 4 is 20.3 Å². The number of aromatic nitrogens is 2. The zero-order valence-electron chi connectivity index (χ0n) is 18.3. The first-order valence-electron chi connectivity index (χ1n) is 9.93. The van der Waals surface area contributed by atoms with Gasteiger partial charge in [0.05, 0.1) is 25.6 Å². The maximum atomic E-state index is 13.7. The number of esters is 1. The minimum absolute atomic E-state index is 0.00965. The largest absolute Gasteiger partial charge is 0.481 e. The fourth-order valence-electron chi connectivity index (χ4n) is 2.76. The van der Waals surface area contributed by atoms with Gasteiger partial charge in [-0.2, -0.15) is 4.39 Å². The molecule has 10 nitrogen and oxygen atoms in total. The van der Waals surface area contributed by atoms with Gasteiger partial charge in [-0.25, -0.2) is 4.79 Å². The number of carbonyl (C=O) groups excluding carboxylic acids is 1. The number of aliphatic carboxylic acids is 1. The van der Waals surface area contributed by atoms with Gasteiger partial charge in [0.15, 0.2) is 8.32 Å². The van der Waals surface area contributed by atoms with Crippen LogP contribution in [0.5, 0.6) is 0 Å². The Bertz CT molecular complexity index is 936. The first-order chi connectivity index (χ1) is 14.2. The topological polar surface area (TPSA) is 137 Å². The van der Waals surface area contributed by atoms with Gasteiger partial charge in [-0.05, 0) is 18.1 Å². The Kier molecular flexibility index (Phi) is 7.60. The predicted octanol–water partition coefficient (Wildman–Crippen LogP) is 1.76. The van der Waals surface area contributed by atoms with Crippen molar-refractivity contribution < 1.29 is 33.0 Å². The lowest BCUT2D eigenvalue weighted by molar-refractivity contribution is -0.155. The number of carboxylic acid groups (broad SMARTS) is 1. The van der Waals surface area contributed by atoms with Gasteiger partial charge in [0.25, 0.3) is 5.56 Å². The summed E-state index contributed by atoms with van der Waals surface area (Å²) in [5.74, 6) is -3.02. The molecule has 0 bridgehead atoms. The lowest BCUT2D eigenvalue weighted by Gasteiger charge is -2.37. The quantitative estimate of drug-likeness (QED) is 0.442. The van der Waals surface area contributed by atoms with Gasteiger partial charge in [0, 0.05) is 6.42 Å². The number of nitrogens with one attached hydrogen (secondary N) is 1. The molecule has 1 aliphatic heterocycles. The molecule has 0 spiro atoms. The lowest BCUT2D eigenvalue weighted by atomic mass is 10.2. The minimum atomic E-state index is -2.17. The Labute approximate surface area is 179 Å². The summed E-state index contributed by atoms with van der Waals surface area (Å²) in [4.78, 5) is 48.0. The van der Waals surface area contributed by atoms with Crippen LogP contribution in [0.1, 0.15) is 46.3 Å². The molecule has 1 aromatic rings. The van der Waals surface area contributed by atoms with Crippen molar-refractivity contribution in [3.05, 3.63) is 32.9 Å². The molecule has 0 saturated carbocycles. The molecule has 3 atom stereocenters. The van der Waals surface area contributed by atoms with Crippen LogP contribution >= 0.6 is 0 Å². The molecule has 1 saturated heterocycles. The number of rotatable bonds is 8. The molecule has 31 heavy (non-hydrogen) atoms. The van der Waals surface area contributed by atoms with Gasteiger partial charge in [0.2, 0.25) is 5.82 Å². The van der Waals surface area contributed by atoms with E-state index in [1.54, 1.807) is 0 Å². The Hall–Kier alpha value is -2.31. The highest BCUT2D eigenvalue weighted by Gasteiger charge is 2.43. The van der Waals surface area contributed by atoms with Gasteiger partial charge in [0.1, 0.15) is 18.4 Å². The van der Waals surface area contributed by atoms with E-state index in [1.165, 1.54) is 0 Å². The lowest BCUT2D eigenvalue weighted by Crippen LogP contribution is -2.44. The number of hydrogen-bond acceptors (Lipinski definition) is 7. The summed E-state index contributed by atoms with van der Waals surface area (Å²) in [5, 5.41) is 8.66. The van der Waals surface area contributed by atoms with Gasteiger partial charge in [-0.3, -0.25) is 23.9 Å². The molecule has 2 rings (SSSR count). The zero-order chi connectivity index (χ0) is 23.6. The van der Waals surface area contributed by atoms with Gasteiger partial charge in [-0.15, -0.1) is 0 Å². The van der Waals surface area contributed by atoms with E-state index in [0.29, 0.717) is 0 Å². The molecule has 0 amide bonds. The molecule has 2 heterocycles. The highest BCUT2D eigenvalue weighted by molar-refractivity contribution is 6.74. The van der Waals surface area contributed by atoms with Crippen molar-refractivity contribution in [2.45, 2.75) is 76.6 Å². The second-order valence-corrected chi connectivity index (χ2v) is 13.8. The number of halogens is 1. The molecule has 0 aliphatic carbocycles. The third-order valence-electron chi connectivity index (χ3n) is 5.66. The summed E-state index contributed by atoms with van der Waals surface area (Å²) in [6.07, 6.45) is -2.54. The average Bonchev–Trinajstić information content (AvgIpc) is 3.03. The van der Waals surface area contributed by atoms with E-state index in [-0.39, 0.29) is 30.9 Å². The molecule has 0 aromatic carbocycles. The number of H-pyrrole nitrogens is 1. The highest BCUT2D eigenvalue weighted by atomic mass is 28.4. The smallest absolute Gasteiger partial charge is 0.330 e. The maximum Gasteiger partial charge on any atom is 0.330 e. The standard InChI is InChI=1S/C19H29FN2O8Si/c1-19(2,3)31(4,5)28-10-13-12(30-16(25)7-6-15(23)24)8-14(29-13)22-9-11(20)17(26)21-18(22)27/h9,12-14H,6-8,10H2,1-5H3,(H,23,24)(H,21,26,27)/t12-,13+,14+/m0/s1. The summed E-state index contributed by atoms with van der Waals surface area (Å²) in [5.41, 5.74) is -2.01. The first kappa shape index (κ1) is 25.0. The van der Waals surface area contributed by atoms with Crippen LogP contribution < -0.4 is 11.2 Å². The molecule has 12 heteroatoms. The van der Waals surface area contributed by atoms with Crippen LogP contribution in [0.3, 0.4) is 0 Å². The van der Waals surface area contributed by atoms with E-state index in [4.69, 9.17) is 19.0 Å². The third kappa shape index (κ3) is 6.34. The van der Waals surface area contributed by atoms with E-state index < -0.39 is 55.8 Å². The SMILES string of the molecule is CC(C)(C)[Si](C)(C)OC[C@H]1O[C@@H](n2cc(F)c(=O)[nH]c2=O)C[C@@H]1OC(=O)CCC(=O)O. The third-order valence-corrected chi connectivity index (χ3v) is 10.2. The fourth-order valence-corrected chi connectivity index (χ4v) is 3.78. The van der Waals surface area contributed by atoms with Crippen LogP contribution in [0.2, 0.25) is 18.1 Å². The number of hydrogen-bond donors (Lipinski definition) is 2. The molecular formula is C19H29FN2O8Si.